The number of carboxylic acid groups (broad SMARTS) is 1. The molecule has 1 rings (SSSR count). The summed E-state index contributed by atoms with van der Waals surface area (Å²) in [4.78, 5) is 10.1. The van der Waals surface area contributed by atoms with E-state index in [4.69, 9.17) is 0 Å². The summed E-state index contributed by atoms with van der Waals surface area (Å²) >= 11 is 0. The molecule has 0 atom stereocenters. The van der Waals surface area contributed by atoms with Gasteiger partial charge in [-0.25, -0.2) is 0 Å². The molecule has 5 heteroatoms. The maximum absolute atomic E-state index is 10.1. The van der Waals surface area contributed by atoms with Crippen molar-refractivity contribution in [1.29, 1.82) is 0 Å². The van der Waals surface area contributed by atoms with Crippen LogP contribution in [0.25, 0.3) is 0 Å². The zero-order chi connectivity index (χ0) is 7.40. The minimum Gasteiger partial charge on any atom is -0.550 e. The first-order chi connectivity index (χ1) is 4.79. The van der Waals surface area contributed by atoms with Crippen LogP contribution in [0.2, 0.25) is 0 Å². The summed E-state index contributed by atoms with van der Waals surface area (Å²) in [7, 11) is 0. The molecule has 0 unspecified atom stereocenters. The second kappa shape index (κ2) is 6.53. The number of hydrogen-bond acceptors (Lipinski definition) is 4. The van der Waals surface area contributed by atoms with Crippen molar-refractivity contribution in [2.45, 2.75) is 19.0 Å². The van der Waals surface area contributed by atoms with E-state index in [-0.39, 0.29) is 64.0 Å². The first kappa shape index (κ1) is 12.0. The van der Waals surface area contributed by atoms with Crippen molar-refractivity contribution in [2.24, 2.45) is 0 Å². The van der Waals surface area contributed by atoms with Crippen LogP contribution in [-0.2, 0) is 4.79 Å². The number of rotatable bonds is 2. The van der Waals surface area contributed by atoms with Gasteiger partial charge in [0.25, 0.3) is 0 Å². The molecule has 0 aromatic carbocycles. The van der Waals surface area contributed by atoms with E-state index in [2.05, 4.69) is 10.6 Å². The SMILES string of the molecule is O=C([O-])CC1NCCCN1.[K+]. The van der Waals surface area contributed by atoms with E-state index < -0.39 is 5.97 Å². The Bertz CT molecular complexity index is 126. The quantitative estimate of drug-likeness (QED) is 0.420. The van der Waals surface area contributed by atoms with Gasteiger partial charge >= 0.3 is 51.4 Å². The standard InChI is InChI=1S/C6H12N2O2.K/c9-6(10)4-5-7-2-1-3-8-5;/h5,7-8H,1-4H2,(H,9,10);/q;+1/p-1. The Balaban J connectivity index is 0.000001000. The summed E-state index contributed by atoms with van der Waals surface area (Å²) in [5.74, 6) is -1.01. The maximum Gasteiger partial charge on any atom is 1.00 e. The van der Waals surface area contributed by atoms with E-state index in [1.807, 2.05) is 0 Å². The fourth-order valence-corrected chi connectivity index (χ4v) is 1.02. The van der Waals surface area contributed by atoms with E-state index in [1.54, 1.807) is 0 Å². The molecular formula is C6H11KN2O2. The minimum atomic E-state index is -1.01. The van der Waals surface area contributed by atoms with Crippen molar-refractivity contribution in [1.82, 2.24) is 10.6 Å². The van der Waals surface area contributed by atoms with Crippen LogP contribution in [0.4, 0.5) is 0 Å². The van der Waals surface area contributed by atoms with Crippen molar-refractivity contribution < 1.29 is 61.3 Å². The number of carbonyl (C=O) groups excluding carboxylic acids is 1. The molecule has 0 radical (unpaired) electrons. The summed E-state index contributed by atoms with van der Waals surface area (Å²) in [6, 6.07) is 0. The van der Waals surface area contributed by atoms with Gasteiger partial charge in [0.2, 0.25) is 0 Å². The van der Waals surface area contributed by atoms with Crippen LogP contribution < -0.4 is 67.1 Å². The maximum atomic E-state index is 10.1. The summed E-state index contributed by atoms with van der Waals surface area (Å²) < 4.78 is 0. The molecule has 0 saturated carbocycles. The molecular weight excluding hydrogens is 171 g/mol. The van der Waals surface area contributed by atoms with Gasteiger partial charge in [-0.3, -0.25) is 0 Å². The molecule has 1 heterocycles. The first-order valence-corrected chi connectivity index (χ1v) is 3.45. The molecule has 2 N–H and O–H groups in total. The van der Waals surface area contributed by atoms with E-state index in [9.17, 15) is 9.90 Å². The number of aliphatic carboxylic acids is 1. The van der Waals surface area contributed by atoms with Crippen LogP contribution in [0.1, 0.15) is 12.8 Å². The Kier molecular flexibility index (Phi) is 7.14. The van der Waals surface area contributed by atoms with Gasteiger partial charge in [0.05, 0.1) is 6.17 Å². The molecule has 0 spiro atoms. The number of carbonyl (C=O) groups is 1. The van der Waals surface area contributed by atoms with Crippen molar-refractivity contribution in [3.05, 3.63) is 0 Å². The summed E-state index contributed by atoms with van der Waals surface area (Å²) in [6.07, 6.45) is 1.03. The monoisotopic (exact) mass is 182 g/mol. The number of hydrogen-bond donors (Lipinski definition) is 2. The van der Waals surface area contributed by atoms with E-state index in [1.165, 1.54) is 0 Å². The van der Waals surface area contributed by atoms with Gasteiger partial charge in [-0.05, 0) is 19.5 Å². The van der Waals surface area contributed by atoms with Crippen molar-refractivity contribution in [3.8, 4) is 0 Å². The molecule has 0 aromatic rings. The van der Waals surface area contributed by atoms with Crippen LogP contribution in [0.15, 0.2) is 0 Å². The Morgan fingerprint density at radius 3 is 2.45 bits per heavy atom. The van der Waals surface area contributed by atoms with Gasteiger partial charge < -0.3 is 20.5 Å². The predicted octanol–water partition coefficient (Wildman–Crippen LogP) is -4.96. The fraction of sp³-hybridized carbons (Fsp3) is 0.833. The summed E-state index contributed by atoms with van der Waals surface area (Å²) in [5, 5.41) is 16.1. The smallest absolute Gasteiger partial charge is 0.550 e. The molecule has 1 aliphatic rings. The van der Waals surface area contributed by atoms with Gasteiger partial charge in [-0.1, -0.05) is 0 Å². The van der Waals surface area contributed by atoms with Crippen molar-refractivity contribution in [3.63, 3.8) is 0 Å². The Labute approximate surface area is 109 Å². The molecule has 58 valence electrons. The van der Waals surface area contributed by atoms with Gasteiger partial charge in [0, 0.05) is 12.4 Å². The average molecular weight is 182 g/mol. The van der Waals surface area contributed by atoms with Crippen molar-refractivity contribution >= 4 is 5.97 Å². The van der Waals surface area contributed by atoms with Crippen LogP contribution in [0.5, 0.6) is 0 Å². The zero-order valence-corrected chi connectivity index (χ0v) is 9.85. The average Bonchev–Trinajstić information content (AvgIpc) is 1.88. The Morgan fingerprint density at radius 1 is 1.45 bits per heavy atom. The number of nitrogens with one attached hydrogen (secondary N) is 2. The van der Waals surface area contributed by atoms with E-state index in [0.29, 0.717) is 0 Å². The molecule has 0 bridgehead atoms. The zero-order valence-electron chi connectivity index (χ0n) is 6.72. The topological polar surface area (TPSA) is 64.2 Å². The van der Waals surface area contributed by atoms with Gasteiger partial charge in [0.1, 0.15) is 0 Å². The Hall–Kier alpha value is 1.03. The summed E-state index contributed by atoms with van der Waals surface area (Å²) in [5.41, 5.74) is 0. The molecule has 0 aromatic heterocycles. The van der Waals surface area contributed by atoms with Crippen LogP contribution in [-0.4, -0.2) is 25.2 Å². The molecule has 4 nitrogen and oxygen atoms in total. The van der Waals surface area contributed by atoms with Crippen LogP contribution >= 0.6 is 0 Å². The largest absolute Gasteiger partial charge is 1.00 e. The minimum absolute atomic E-state index is 0. The van der Waals surface area contributed by atoms with Crippen LogP contribution in [0, 0.1) is 0 Å². The molecule has 1 saturated heterocycles. The number of carboxylic acids is 1. The third-order valence-electron chi connectivity index (χ3n) is 1.51. The van der Waals surface area contributed by atoms with Crippen molar-refractivity contribution in [2.75, 3.05) is 13.1 Å². The van der Waals surface area contributed by atoms with E-state index >= 15 is 0 Å². The second-order valence-electron chi connectivity index (χ2n) is 2.39. The normalized spacial score (nSPS) is 18.9. The predicted molar refractivity (Wildman–Crippen MR) is 34.0 cm³/mol. The first-order valence-electron chi connectivity index (χ1n) is 3.45. The van der Waals surface area contributed by atoms with Gasteiger partial charge in [-0.15, -0.1) is 0 Å². The van der Waals surface area contributed by atoms with Gasteiger partial charge in [0.15, 0.2) is 0 Å². The van der Waals surface area contributed by atoms with Gasteiger partial charge in [-0.2, -0.15) is 0 Å². The molecule has 11 heavy (non-hydrogen) atoms. The third-order valence-corrected chi connectivity index (χ3v) is 1.51. The second-order valence-corrected chi connectivity index (χ2v) is 2.39. The molecule has 1 aliphatic heterocycles. The molecule has 0 aliphatic carbocycles. The summed E-state index contributed by atoms with van der Waals surface area (Å²) in [6.45, 7) is 1.79. The third kappa shape index (κ3) is 5.29. The van der Waals surface area contributed by atoms with E-state index in [0.717, 1.165) is 19.5 Å². The molecule has 0 amide bonds. The Morgan fingerprint density at radius 2 is 2.00 bits per heavy atom. The molecule has 1 fully saturated rings. The van der Waals surface area contributed by atoms with Crippen LogP contribution in [0.3, 0.4) is 0 Å². The fourth-order valence-electron chi connectivity index (χ4n) is 1.02.